The second-order valence-corrected chi connectivity index (χ2v) is 5.20. The average molecular weight is 307 g/mol. The van der Waals surface area contributed by atoms with Crippen LogP contribution in [0.15, 0.2) is 24.3 Å². The molecule has 1 heterocycles. The Morgan fingerprint density at radius 1 is 1.38 bits per heavy atom. The maximum absolute atomic E-state index is 11.6. The number of nitrogens with two attached hydrogens (primary N) is 1. The van der Waals surface area contributed by atoms with Crippen molar-refractivity contribution in [1.29, 1.82) is 0 Å². The second kappa shape index (κ2) is 6.87. The normalized spacial score (nSPS) is 12.4. The first kappa shape index (κ1) is 15.7. The van der Waals surface area contributed by atoms with Crippen molar-refractivity contribution in [3.05, 3.63) is 40.5 Å². The maximum Gasteiger partial charge on any atom is 0.323 e. The summed E-state index contributed by atoms with van der Waals surface area (Å²) in [5, 5.41) is 1.40. The zero-order chi connectivity index (χ0) is 15.4. The molecular weight excluding hydrogens is 288 g/mol. The summed E-state index contributed by atoms with van der Waals surface area (Å²) in [7, 11) is 0. The molecule has 0 aliphatic heterocycles. The van der Waals surface area contributed by atoms with E-state index in [9.17, 15) is 4.79 Å². The molecule has 1 aromatic heterocycles. The number of carbonyl (C=O) groups excluding carboxylic acids is 1. The van der Waals surface area contributed by atoms with Gasteiger partial charge in [0.05, 0.1) is 12.1 Å². The van der Waals surface area contributed by atoms with E-state index in [-0.39, 0.29) is 0 Å². The van der Waals surface area contributed by atoms with Crippen molar-refractivity contribution in [3.63, 3.8) is 0 Å². The monoisotopic (exact) mass is 306 g/mol. The summed E-state index contributed by atoms with van der Waals surface area (Å²) in [5.41, 5.74) is 8.66. The van der Waals surface area contributed by atoms with E-state index in [0.29, 0.717) is 18.2 Å². The summed E-state index contributed by atoms with van der Waals surface area (Å²) in [6, 6.07) is 7.23. The van der Waals surface area contributed by atoms with Crippen LogP contribution in [0.5, 0.6) is 0 Å². The number of halogens is 1. The molecule has 0 spiro atoms. The number of fused-ring (bicyclic) bond motifs is 1. The van der Waals surface area contributed by atoms with E-state index in [1.807, 2.05) is 24.3 Å². The van der Waals surface area contributed by atoms with E-state index in [1.54, 1.807) is 6.92 Å². The van der Waals surface area contributed by atoms with E-state index in [2.05, 4.69) is 11.9 Å². The highest BCUT2D eigenvalue weighted by atomic mass is 35.5. The van der Waals surface area contributed by atoms with Crippen LogP contribution in [0.1, 0.15) is 25.0 Å². The number of benzene rings is 1. The van der Waals surface area contributed by atoms with Crippen LogP contribution in [-0.4, -0.2) is 23.6 Å². The van der Waals surface area contributed by atoms with E-state index in [1.165, 1.54) is 0 Å². The lowest BCUT2D eigenvalue weighted by Crippen LogP contribution is -2.34. The van der Waals surface area contributed by atoms with Crippen LogP contribution in [0, 0.1) is 0 Å². The molecule has 0 saturated carbocycles. The van der Waals surface area contributed by atoms with Crippen molar-refractivity contribution in [2.75, 3.05) is 6.61 Å². The topological polar surface area (TPSA) is 65.2 Å². The van der Waals surface area contributed by atoms with Crippen molar-refractivity contribution >= 4 is 28.5 Å². The lowest BCUT2D eigenvalue weighted by atomic mass is 10.0. The highest BCUT2D eigenvalue weighted by Crippen LogP contribution is 2.24. The van der Waals surface area contributed by atoms with Gasteiger partial charge in [0.2, 0.25) is 0 Å². The Morgan fingerprint density at radius 3 is 2.81 bits per heavy atom. The van der Waals surface area contributed by atoms with Crippen LogP contribution in [-0.2, 0) is 22.4 Å². The quantitative estimate of drug-likeness (QED) is 0.681. The molecule has 2 rings (SSSR count). The van der Waals surface area contributed by atoms with Gasteiger partial charge in [-0.25, -0.2) is 4.98 Å². The molecule has 2 aromatic rings. The van der Waals surface area contributed by atoms with E-state index < -0.39 is 12.0 Å². The minimum atomic E-state index is -0.726. The van der Waals surface area contributed by atoms with Gasteiger partial charge in [-0.1, -0.05) is 36.7 Å². The molecule has 0 aliphatic rings. The van der Waals surface area contributed by atoms with Crippen molar-refractivity contribution in [1.82, 2.24) is 4.98 Å². The smallest absolute Gasteiger partial charge is 0.323 e. The Balaban J connectivity index is 2.33. The van der Waals surface area contributed by atoms with Crippen LogP contribution in [0.4, 0.5) is 0 Å². The third-order valence-electron chi connectivity index (χ3n) is 3.37. The number of pyridine rings is 1. The number of hydrogen-bond donors (Lipinski definition) is 1. The molecule has 1 atom stereocenters. The van der Waals surface area contributed by atoms with Crippen molar-refractivity contribution in [3.8, 4) is 0 Å². The van der Waals surface area contributed by atoms with Gasteiger partial charge < -0.3 is 10.5 Å². The Kier molecular flexibility index (Phi) is 5.15. The molecule has 4 nitrogen and oxygen atoms in total. The Bertz CT molecular complexity index is 658. The fourth-order valence-corrected chi connectivity index (χ4v) is 2.50. The van der Waals surface area contributed by atoms with Gasteiger partial charge in [-0.05, 0) is 30.5 Å². The molecule has 2 N–H and O–H groups in total. The van der Waals surface area contributed by atoms with Gasteiger partial charge in [0.15, 0.2) is 0 Å². The Hall–Kier alpha value is -1.65. The zero-order valence-electron chi connectivity index (χ0n) is 12.2. The van der Waals surface area contributed by atoms with Crippen LogP contribution in [0.25, 0.3) is 10.9 Å². The summed E-state index contributed by atoms with van der Waals surface area (Å²) in [6.45, 7) is 4.15. The van der Waals surface area contributed by atoms with E-state index in [4.69, 9.17) is 22.1 Å². The molecule has 1 unspecified atom stereocenters. The predicted octanol–water partition coefficient (Wildman–Crippen LogP) is 2.88. The van der Waals surface area contributed by atoms with Gasteiger partial charge in [0.25, 0.3) is 0 Å². The minimum Gasteiger partial charge on any atom is -0.465 e. The summed E-state index contributed by atoms with van der Waals surface area (Å²) in [6.07, 6.45) is 1.21. The number of rotatable bonds is 5. The van der Waals surface area contributed by atoms with E-state index in [0.717, 1.165) is 28.5 Å². The van der Waals surface area contributed by atoms with Gasteiger partial charge in [-0.15, -0.1) is 0 Å². The number of carbonyl (C=O) groups is 1. The average Bonchev–Trinajstić information content (AvgIpc) is 2.47. The molecule has 0 saturated heterocycles. The maximum atomic E-state index is 11.6. The minimum absolute atomic E-state index is 0.316. The molecule has 5 heteroatoms. The molecule has 0 bridgehead atoms. The van der Waals surface area contributed by atoms with Gasteiger partial charge in [-0.2, -0.15) is 0 Å². The number of ether oxygens (including phenoxy) is 1. The molecule has 0 fully saturated rings. The summed E-state index contributed by atoms with van der Waals surface area (Å²) >= 11 is 6.24. The van der Waals surface area contributed by atoms with Gasteiger partial charge >= 0.3 is 5.97 Å². The molecule has 0 amide bonds. The first-order chi connectivity index (χ1) is 10.1. The number of aromatic nitrogens is 1. The fourth-order valence-electron chi connectivity index (χ4n) is 2.28. The molecule has 1 aromatic carbocycles. The molecule has 0 aliphatic carbocycles. The molecular formula is C16H19ClN2O2. The number of esters is 1. The highest BCUT2D eigenvalue weighted by molar-refractivity contribution is 6.30. The third kappa shape index (κ3) is 3.52. The number of hydrogen-bond acceptors (Lipinski definition) is 4. The van der Waals surface area contributed by atoms with Crippen LogP contribution in [0.3, 0.4) is 0 Å². The first-order valence-electron chi connectivity index (χ1n) is 7.06. The number of aryl methyl sites for hydroxylation is 1. The van der Waals surface area contributed by atoms with Crippen molar-refractivity contribution in [2.24, 2.45) is 5.73 Å². The Labute approximate surface area is 129 Å². The molecule has 0 radical (unpaired) electrons. The predicted molar refractivity (Wildman–Crippen MR) is 84.4 cm³/mol. The van der Waals surface area contributed by atoms with Gasteiger partial charge in [-0.3, -0.25) is 4.79 Å². The van der Waals surface area contributed by atoms with Crippen LogP contribution >= 0.6 is 11.6 Å². The van der Waals surface area contributed by atoms with Crippen LogP contribution in [0.2, 0.25) is 5.15 Å². The van der Waals surface area contributed by atoms with Crippen molar-refractivity contribution in [2.45, 2.75) is 32.7 Å². The van der Waals surface area contributed by atoms with Gasteiger partial charge in [0, 0.05) is 11.8 Å². The lowest BCUT2D eigenvalue weighted by Gasteiger charge is -2.13. The highest BCUT2D eigenvalue weighted by Gasteiger charge is 2.18. The van der Waals surface area contributed by atoms with Gasteiger partial charge in [0.1, 0.15) is 11.2 Å². The number of nitrogens with zero attached hydrogens (tertiary/aromatic N) is 1. The SMILES string of the molecule is CCOC(=O)C(N)Cc1cc2cccc(CC)c2nc1Cl. The summed E-state index contributed by atoms with van der Waals surface area (Å²) < 4.78 is 4.91. The standard InChI is InChI=1S/C16H19ClN2O2/c1-3-10-6-5-7-11-8-12(15(17)19-14(10)11)9-13(18)16(20)21-4-2/h5-8,13H,3-4,9,18H2,1-2H3. The van der Waals surface area contributed by atoms with Crippen molar-refractivity contribution < 1.29 is 9.53 Å². The third-order valence-corrected chi connectivity index (χ3v) is 3.69. The summed E-state index contributed by atoms with van der Waals surface area (Å²) in [4.78, 5) is 16.1. The second-order valence-electron chi connectivity index (χ2n) is 4.84. The lowest BCUT2D eigenvalue weighted by molar-refractivity contribution is -0.144. The molecule has 112 valence electrons. The molecule has 21 heavy (non-hydrogen) atoms. The zero-order valence-corrected chi connectivity index (χ0v) is 13.0. The summed E-state index contributed by atoms with van der Waals surface area (Å²) in [5.74, 6) is -0.420. The largest absolute Gasteiger partial charge is 0.465 e. The van der Waals surface area contributed by atoms with Crippen LogP contribution < -0.4 is 5.73 Å². The first-order valence-corrected chi connectivity index (χ1v) is 7.43. The fraction of sp³-hybridized carbons (Fsp3) is 0.375. The Morgan fingerprint density at radius 2 is 2.14 bits per heavy atom. The van der Waals surface area contributed by atoms with E-state index >= 15 is 0 Å². The number of para-hydroxylation sites is 1.